The second-order valence-electron chi connectivity index (χ2n) is 4.02. The molecule has 0 spiro atoms. The molecule has 0 bridgehead atoms. The van der Waals surface area contributed by atoms with Crippen LogP contribution < -0.4 is 15.8 Å². The van der Waals surface area contributed by atoms with Gasteiger partial charge in [-0.15, -0.1) is 0 Å². The highest BCUT2D eigenvalue weighted by Gasteiger charge is 2.09. The Balaban J connectivity index is 2.40. The average molecular weight is 343 g/mol. The van der Waals surface area contributed by atoms with Crippen LogP contribution in [-0.2, 0) is 0 Å². The van der Waals surface area contributed by atoms with Gasteiger partial charge in [-0.2, -0.15) is 0 Å². The molecule has 0 fully saturated rings. The zero-order valence-electron chi connectivity index (χ0n) is 10.5. The molecule has 0 saturated carbocycles. The second kappa shape index (κ2) is 5.67. The number of nitrogens with one attached hydrogen (secondary N) is 1. The van der Waals surface area contributed by atoms with Gasteiger partial charge in [-0.25, -0.2) is 4.98 Å². The molecule has 1 heterocycles. The van der Waals surface area contributed by atoms with Gasteiger partial charge in [0.25, 0.3) is 0 Å². The van der Waals surface area contributed by atoms with Crippen LogP contribution in [-0.4, -0.2) is 12.1 Å². The number of anilines is 3. The SMILES string of the molecule is COc1cc(Cl)c(C)cc1Nc1ncc(Br)cc1N. The van der Waals surface area contributed by atoms with Crippen LogP contribution in [0.1, 0.15) is 5.56 Å². The maximum absolute atomic E-state index is 6.07. The molecule has 0 saturated heterocycles. The first-order chi connectivity index (χ1) is 9.01. The number of nitrogens with zero attached hydrogens (tertiary/aromatic N) is 1. The summed E-state index contributed by atoms with van der Waals surface area (Å²) in [4.78, 5) is 4.23. The Morgan fingerprint density at radius 3 is 2.74 bits per heavy atom. The molecule has 0 atom stereocenters. The Morgan fingerprint density at radius 2 is 2.11 bits per heavy atom. The Bertz CT molecular complexity index is 619. The third kappa shape index (κ3) is 3.11. The molecule has 0 unspecified atom stereocenters. The zero-order chi connectivity index (χ0) is 14.0. The van der Waals surface area contributed by atoms with Crippen molar-refractivity contribution in [1.29, 1.82) is 0 Å². The van der Waals surface area contributed by atoms with E-state index in [1.165, 1.54) is 0 Å². The fourth-order valence-electron chi connectivity index (χ4n) is 1.62. The fraction of sp³-hybridized carbons (Fsp3) is 0.154. The molecule has 2 rings (SSSR count). The van der Waals surface area contributed by atoms with Crippen molar-refractivity contribution in [3.8, 4) is 5.75 Å². The molecule has 0 amide bonds. The number of aromatic nitrogens is 1. The highest BCUT2D eigenvalue weighted by atomic mass is 79.9. The maximum atomic E-state index is 6.07. The Labute approximate surface area is 125 Å². The number of nitrogen functional groups attached to an aromatic ring is 1. The summed E-state index contributed by atoms with van der Waals surface area (Å²) in [7, 11) is 1.59. The second-order valence-corrected chi connectivity index (χ2v) is 5.34. The van der Waals surface area contributed by atoms with Gasteiger partial charge in [-0.3, -0.25) is 0 Å². The van der Waals surface area contributed by atoms with E-state index in [4.69, 9.17) is 22.1 Å². The molecule has 1 aromatic carbocycles. The number of hydrogen-bond donors (Lipinski definition) is 2. The molecule has 0 radical (unpaired) electrons. The van der Waals surface area contributed by atoms with E-state index in [-0.39, 0.29) is 0 Å². The fourth-order valence-corrected chi connectivity index (χ4v) is 2.12. The number of nitrogens with two attached hydrogens (primary N) is 1. The first-order valence-electron chi connectivity index (χ1n) is 5.53. The molecule has 2 aromatic rings. The molecule has 100 valence electrons. The van der Waals surface area contributed by atoms with Crippen LogP contribution in [0.4, 0.5) is 17.2 Å². The third-order valence-corrected chi connectivity index (χ3v) is 3.46. The average Bonchev–Trinajstić information content (AvgIpc) is 2.36. The number of methoxy groups -OCH3 is 1. The number of halogens is 2. The van der Waals surface area contributed by atoms with Crippen molar-refractivity contribution in [3.63, 3.8) is 0 Å². The van der Waals surface area contributed by atoms with Crippen molar-refractivity contribution in [2.75, 3.05) is 18.2 Å². The molecular weight excluding hydrogens is 330 g/mol. The summed E-state index contributed by atoms with van der Waals surface area (Å²) in [6, 6.07) is 5.43. The molecule has 4 nitrogen and oxygen atoms in total. The van der Waals surface area contributed by atoms with Crippen molar-refractivity contribution in [3.05, 3.63) is 39.5 Å². The topological polar surface area (TPSA) is 60.2 Å². The van der Waals surface area contributed by atoms with Crippen LogP contribution in [0.3, 0.4) is 0 Å². The van der Waals surface area contributed by atoms with E-state index in [2.05, 4.69) is 26.2 Å². The van der Waals surface area contributed by atoms with Crippen LogP contribution in [0.5, 0.6) is 5.75 Å². The molecular formula is C13H13BrClN3O. The lowest BCUT2D eigenvalue weighted by molar-refractivity contribution is 0.416. The largest absolute Gasteiger partial charge is 0.495 e. The van der Waals surface area contributed by atoms with Gasteiger partial charge in [0, 0.05) is 21.8 Å². The number of benzene rings is 1. The molecule has 19 heavy (non-hydrogen) atoms. The van der Waals surface area contributed by atoms with Crippen LogP contribution in [0, 0.1) is 6.92 Å². The third-order valence-electron chi connectivity index (χ3n) is 2.62. The molecule has 0 aliphatic rings. The standard InChI is InChI=1S/C13H13BrClN3O/c1-7-3-11(12(19-2)5-9(7)15)18-13-10(16)4-8(14)6-17-13/h3-6H,16H2,1-2H3,(H,17,18). The van der Waals surface area contributed by atoms with E-state index in [1.807, 2.05) is 13.0 Å². The smallest absolute Gasteiger partial charge is 0.153 e. The van der Waals surface area contributed by atoms with E-state index in [0.29, 0.717) is 22.3 Å². The van der Waals surface area contributed by atoms with Gasteiger partial charge in [0.15, 0.2) is 5.82 Å². The lowest BCUT2D eigenvalue weighted by atomic mass is 10.2. The maximum Gasteiger partial charge on any atom is 0.153 e. The first-order valence-corrected chi connectivity index (χ1v) is 6.70. The molecule has 1 aromatic heterocycles. The van der Waals surface area contributed by atoms with Gasteiger partial charge in [0.2, 0.25) is 0 Å². The summed E-state index contributed by atoms with van der Waals surface area (Å²) in [6.07, 6.45) is 1.67. The Hall–Kier alpha value is -1.46. The van der Waals surface area contributed by atoms with Crippen molar-refractivity contribution in [2.45, 2.75) is 6.92 Å². The number of pyridine rings is 1. The summed E-state index contributed by atoms with van der Waals surface area (Å²) in [6.45, 7) is 1.92. The monoisotopic (exact) mass is 341 g/mol. The van der Waals surface area contributed by atoms with Crippen LogP contribution in [0.15, 0.2) is 28.9 Å². The zero-order valence-corrected chi connectivity index (χ0v) is 12.8. The minimum atomic E-state index is 0.545. The lowest BCUT2D eigenvalue weighted by Crippen LogP contribution is -2.01. The Morgan fingerprint density at radius 1 is 1.37 bits per heavy atom. The van der Waals surface area contributed by atoms with Crippen molar-refractivity contribution >= 4 is 44.7 Å². The van der Waals surface area contributed by atoms with Crippen molar-refractivity contribution < 1.29 is 4.74 Å². The van der Waals surface area contributed by atoms with Gasteiger partial charge >= 0.3 is 0 Å². The highest BCUT2D eigenvalue weighted by molar-refractivity contribution is 9.10. The summed E-state index contributed by atoms with van der Waals surface area (Å²) >= 11 is 9.38. The van der Waals surface area contributed by atoms with Crippen molar-refractivity contribution in [2.24, 2.45) is 0 Å². The molecule has 3 N–H and O–H groups in total. The first kappa shape index (κ1) is 14.0. The highest BCUT2D eigenvalue weighted by Crippen LogP contribution is 2.34. The normalized spacial score (nSPS) is 10.3. The summed E-state index contributed by atoms with van der Waals surface area (Å²) in [5.41, 5.74) is 8.17. The van der Waals surface area contributed by atoms with E-state index < -0.39 is 0 Å². The minimum Gasteiger partial charge on any atom is -0.495 e. The van der Waals surface area contributed by atoms with E-state index in [9.17, 15) is 0 Å². The number of ether oxygens (including phenoxy) is 1. The minimum absolute atomic E-state index is 0.545. The van der Waals surface area contributed by atoms with Gasteiger partial charge in [0.1, 0.15) is 5.75 Å². The molecule has 0 aliphatic carbocycles. The van der Waals surface area contributed by atoms with Crippen molar-refractivity contribution in [1.82, 2.24) is 4.98 Å². The number of hydrogen-bond acceptors (Lipinski definition) is 4. The summed E-state index contributed by atoms with van der Waals surface area (Å²) < 4.78 is 6.12. The van der Waals surface area contributed by atoms with Crippen LogP contribution in [0.2, 0.25) is 5.02 Å². The summed E-state index contributed by atoms with van der Waals surface area (Å²) in [5, 5.41) is 3.80. The Kier molecular flexibility index (Phi) is 4.17. The predicted molar refractivity (Wildman–Crippen MR) is 82.4 cm³/mol. The summed E-state index contributed by atoms with van der Waals surface area (Å²) in [5.74, 6) is 1.21. The van der Waals surface area contributed by atoms with Crippen LogP contribution >= 0.6 is 27.5 Å². The van der Waals surface area contributed by atoms with E-state index >= 15 is 0 Å². The van der Waals surface area contributed by atoms with E-state index in [1.54, 1.807) is 25.4 Å². The van der Waals surface area contributed by atoms with Gasteiger partial charge in [0.05, 0.1) is 18.5 Å². The van der Waals surface area contributed by atoms with E-state index in [0.717, 1.165) is 15.7 Å². The predicted octanol–water partition coefficient (Wildman–Crippen LogP) is 4.14. The number of aryl methyl sites for hydroxylation is 1. The van der Waals surface area contributed by atoms with Gasteiger partial charge in [-0.05, 0) is 40.5 Å². The number of rotatable bonds is 3. The molecule has 0 aliphatic heterocycles. The molecule has 6 heteroatoms. The lowest BCUT2D eigenvalue weighted by Gasteiger charge is -2.13. The van der Waals surface area contributed by atoms with Crippen LogP contribution in [0.25, 0.3) is 0 Å². The quantitative estimate of drug-likeness (QED) is 0.880. The van der Waals surface area contributed by atoms with Gasteiger partial charge < -0.3 is 15.8 Å². The van der Waals surface area contributed by atoms with Gasteiger partial charge in [-0.1, -0.05) is 11.6 Å².